The van der Waals surface area contributed by atoms with Crippen LogP contribution in [0.3, 0.4) is 0 Å². The fourth-order valence-electron chi connectivity index (χ4n) is 4.72. The van der Waals surface area contributed by atoms with Crippen LogP contribution < -0.4 is 16.0 Å². The standard InChI is InChI=1S/C21H34N6O/c1-2-15-14-23-27-20(24-17-8-6-16(22)7-9-17)13-19(25-21(15)27)26-11-4-3-5-18(26)10-12-28/h13-14,16-18,24,28H,2-12,22H2,1H3. The van der Waals surface area contributed by atoms with Gasteiger partial charge < -0.3 is 21.1 Å². The Morgan fingerprint density at radius 3 is 2.79 bits per heavy atom. The number of nitrogens with two attached hydrogens (primary N) is 1. The molecule has 2 aromatic rings. The van der Waals surface area contributed by atoms with Crippen LogP contribution in [0.1, 0.15) is 63.9 Å². The molecule has 7 heteroatoms. The molecule has 1 aliphatic heterocycles. The van der Waals surface area contributed by atoms with Gasteiger partial charge in [0.25, 0.3) is 0 Å². The number of aryl methyl sites for hydroxylation is 1. The van der Waals surface area contributed by atoms with Crippen LogP contribution in [0.5, 0.6) is 0 Å². The third-order valence-corrected chi connectivity index (χ3v) is 6.42. The zero-order valence-electron chi connectivity index (χ0n) is 17.0. The summed E-state index contributed by atoms with van der Waals surface area (Å²) in [5, 5.41) is 17.9. The van der Waals surface area contributed by atoms with E-state index in [4.69, 9.17) is 10.7 Å². The van der Waals surface area contributed by atoms with Crippen molar-refractivity contribution < 1.29 is 5.11 Å². The summed E-state index contributed by atoms with van der Waals surface area (Å²) in [5.41, 5.74) is 8.21. The van der Waals surface area contributed by atoms with Crippen LogP contribution >= 0.6 is 0 Å². The molecule has 0 amide bonds. The molecule has 28 heavy (non-hydrogen) atoms. The summed E-state index contributed by atoms with van der Waals surface area (Å²) in [6, 6.07) is 3.29. The maximum absolute atomic E-state index is 9.51. The minimum Gasteiger partial charge on any atom is -0.396 e. The lowest BCUT2D eigenvalue weighted by Gasteiger charge is -2.37. The molecule has 2 aliphatic rings. The first-order valence-electron chi connectivity index (χ1n) is 11.0. The van der Waals surface area contributed by atoms with E-state index in [0.29, 0.717) is 18.1 Å². The molecule has 154 valence electrons. The van der Waals surface area contributed by atoms with Crippen molar-refractivity contribution in [2.45, 2.75) is 82.8 Å². The number of nitrogens with zero attached hydrogens (tertiary/aromatic N) is 4. The second-order valence-corrected chi connectivity index (χ2v) is 8.37. The molecule has 0 bridgehead atoms. The molecule has 2 aromatic heterocycles. The number of fused-ring (bicyclic) bond motifs is 1. The zero-order valence-corrected chi connectivity index (χ0v) is 17.0. The van der Waals surface area contributed by atoms with E-state index in [9.17, 15) is 5.11 Å². The van der Waals surface area contributed by atoms with Gasteiger partial charge in [0.1, 0.15) is 11.6 Å². The highest BCUT2D eigenvalue weighted by atomic mass is 16.3. The van der Waals surface area contributed by atoms with E-state index in [-0.39, 0.29) is 6.61 Å². The number of anilines is 2. The summed E-state index contributed by atoms with van der Waals surface area (Å²) in [4.78, 5) is 7.41. The number of aliphatic hydroxyl groups excluding tert-OH is 1. The highest BCUT2D eigenvalue weighted by Gasteiger charge is 2.26. The van der Waals surface area contributed by atoms with E-state index in [2.05, 4.69) is 28.3 Å². The summed E-state index contributed by atoms with van der Waals surface area (Å²) in [6.45, 7) is 3.38. The van der Waals surface area contributed by atoms with Gasteiger partial charge >= 0.3 is 0 Å². The first-order chi connectivity index (χ1) is 13.7. The molecule has 3 heterocycles. The van der Waals surface area contributed by atoms with Crippen LogP contribution in [0.2, 0.25) is 0 Å². The number of nitrogens with one attached hydrogen (secondary N) is 1. The maximum Gasteiger partial charge on any atom is 0.162 e. The van der Waals surface area contributed by atoms with E-state index < -0.39 is 0 Å². The van der Waals surface area contributed by atoms with Gasteiger partial charge in [-0.1, -0.05) is 6.92 Å². The van der Waals surface area contributed by atoms with E-state index in [1.165, 1.54) is 18.4 Å². The third kappa shape index (κ3) is 3.96. The monoisotopic (exact) mass is 386 g/mol. The van der Waals surface area contributed by atoms with Crippen molar-refractivity contribution in [1.29, 1.82) is 0 Å². The number of hydrogen-bond donors (Lipinski definition) is 3. The Labute approximate surface area is 167 Å². The summed E-state index contributed by atoms with van der Waals surface area (Å²) in [5.74, 6) is 2.03. The molecule has 4 rings (SSSR count). The lowest BCUT2D eigenvalue weighted by molar-refractivity contribution is 0.262. The number of piperidine rings is 1. The van der Waals surface area contributed by atoms with Gasteiger partial charge in [-0.3, -0.25) is 0 Å². The first kappa shape index (κ1) is 19.5. The lowest BCUT2D eigenvalue weighted by Crippen LogP contribution is -2.41. The number of rotatable bonds is 6. The number of aromatic nitrogens is 3. The van der Waals surface area contributed by atoms with Crippen LogP contribution in [0.4, 0.5) is 11.6 Å². The molecule has 1 saturated heterocycles. The van der Waals surface area contributed by atoms with Gasteiger partial charge in [-0.15, -0.1) is 0 Å². The molecule has 1 saturated carbocycles. The molecule has 2 fully saturated rings. The molecule has 7 nitrogen and oxygen atoms in total. The van der Waals surface area contributed by atoms with Crippen molar-refractivity contribution >= 4 is 17.3 Å². The molecule has 1 atom stereocenters. The summed E-state index contributed by atoms with van der Waals surface area (Å²) < 4.78 is 1.96. The minimum absolute atomic E-state index is 0.226. The normalized spacial score (nSPS) is 26.0. The average Bonchev–Trinajstić information content (AvgIpc) is 3.14. The Morgan fingerprint density at radius 1 is 1.21 bits per heavy atom. The fourth-order valence-corrected chi connectivity index (χ4v) is 4.72. The van der Waals surface area contributed by atoms with Gasteiger partial charge in [0.05, 0.1) is 6.20 Å². The van der Waals surface area contributed by atoms with E-state index in [1.54, 1.807) is 0 Å². The van der Waals surface area contributed by atoms with Crippen molar-refractivity contribution in [3.8, 4) is 0 Å². The second kappa shape index (κ2) is 8.66. The van der Waals surface area contributed by atoms with Crippen molar-refractivity contribution in [2.75, 3.05) is 23.4 Å². The summed E-state index contributed by atoms with van der Waals surface area (Å²) in [7, 11) is 0. The van der Waals surface area contributed by atoms with Crippen LogP contribution in [-0.4, -0.2) is 51.0 Å². The predicted molar refractivity (Wildman–Crippen MR) is 113 cm³/mol. The third-order valence-electron chi connectivity index (χ3n) is 6.42. The summed E-state index contributed by atoms with van der Waals surface area (Å²) in [6.07, 6.45) is 11.5. The highest BCUT2D eigenvalue weighted by molar-refractivity contribution is 5.61. The molecule has 0 spiro atoms. The van der Waals surface area contributed by atoms with Gasteiger partial charge in [-0.05, 0) is 57.8 Å². The largest absolute Gasteiger partial charge is 0.396 e. The van der Waals surface area contributed by atoms with Crippen LogP contribution in [0.15, 0.2) is 12.3 Å². The molecule has 0 aromatic carbocycles. The van der Waals surface area contributed by atoms with Gasteiger partial charge in [-0.2, -0.15) is 9.61 Å². The highest BCUT2D eigenvalue weighted by Crippen LogP contribution is 2.30. The molecule has 4 N–H and O–H groups in total. The van der Waals surface area contributed by atoms with Crippen LogP contribution in [0.25, 0.3) is 5.65 Å². The quantitative estimate of drug-likeness (QED) is 0.707. The van der Waals surface area contributed by atoms with E-state index in [1.807, 2.05) is 10.7 Å². The number of aliphatic hydroxyl groups is 1. The second-order valence-electron chi connectivity index (χ2n) is 8.37. The van der Waals surface area contributed by atoms with Gasteiger partial charge in [0.15, 0.2) is 5.65 Å². The van der Waals surface area contributed by atoms with Gasteiger partial charge in [-0.25, -0.2) is 4.98 Å². The Morgan fingerprint density at radius 2 is 2.04 bits per heavy atom. The van der Waals surface area contributed by atoms with Crippen molar-refractivity contribution in [1.82, 2.24) is 14.6 Å². The fraction of sp³-hybridized carbons (Fsp3) is 0.714. The van der Waals surface area contributed by atoms with Crippen molar-refractivity contribution in [3.05, 3.63) is 17.8 Å². The van der Waals surface area contributed by atoms with Gasteiger partial charge in [0, 0.05) is 42.9 Å². The SMILES string of the molecule is CCc1cnn2c(NC3CCC(N)CC3)cc(N3CCCCC3CCO)nc12. The Bertz CT molecular complexity index is 781. The Kier molecular flexibility index (Phi) is 6.01. The molecule has 0 radical (unpaired) electrons. The molecule has 1 unspecified atom stereocenters. The maximum atomic E-state index is 9.51. The van der Waals surface area contributed by atoms with Crippen LogP contribution in [-0.2, 0) is 6.42 Å². The topological polar surface area (TPSA) is 91.7 Å². The molecular weight excluding hydrogens is 352 g/mol. The Balaban J connectivity index is 1.68. The lowest BCUT2D eigenvalue weighted by atomic mass is 9.92. The average molecular weight is 387 g/mol. The van der Waals surface area contributed by atoms with Gasteiger partial charge in [0.2, 0.25) is 0 Å². The number of hydrogen-bond acceptors (Lipinski definition) is 6. The zero-order chi connectivity index (χ0) is 19.5. The molecular formula is C21H34N6O. The summed E-state index contributed by atoms with van der Waals surface area (Å²) >= 11 is 0. The Hall–Kier alpha value is -1.86. The van der Waals surface area contributed by atoms with E-state index in [0.717, 1.165) is 68.8 Å². The predicted octanol–water partition coefficient (Wildman–Crippen LogP) is 2.71. The minimum atomic E-state index is 0.226. The van der Waals surface area contributed by atoms with E-state index >= 15 is 0 Å². The first-order valence-corrected chi connectivity index (χ1v) is 11.0. The van der Waals surface area contributed by atoms with Crippen molar-refractivity contribution in [3.63, 3.8) is 0 Å². The smallest absolute Gasteiger partial charge is 0.162 e. The molecule has 1 aliphatic carbocycles. The van der Waals surface area contributed by atoms with Crippen LogP contribution in [0, 0.1) is 0 Å². The van der Waals surface area contributed by atoms with Crippen molar-refractivity contribution in [2.24, 2.45) is 5.73 Å².